The molecule has 0 atom stereocenters. The first-order chi connectivity index (χ1) is 9.15. The van der Waals surface area contributed by atoms with Crippen LogP contribution in [0.5, 0.6) is 0 Å². The van der Waals surface area contributed by atoms with Gasteiger partial charge in [0.05, 0.1) is 0 Å². The quantitative estimate of drug-likeness (QED) is 0.619. The molecule has 0 fully saturated rings. The molecular weight excluding hydrogens is 352 g/mol. The Bertz CT molecular complexity index is 537. The van der Waals surface area contributed by atoms with Gasteiger partial charge in [0.25, 0.3) is 0 Å². The normalized spacial score (nSPS) is 10.7. The van der Waals surface area contributed by atoms with Crippen LogP contribution in [0.2, 0.25) is 0 Å². The van der Waals surface area contributed by atoms with E-state index in [-0.39, 0.29) is 5.82 Å². The van der Waals surface area contributed by atoms with Crippen LogP contribution in [-0.2, 0) is 13.0 Å². The van der Waals surface area contributed by atoms with E-state index in [0.717, 1.165) is 25.1 Å². The summed E-state index contributed by atoms with van der Waals surface area (Å²) in [7, 11) is 0. The minimum Gasteiger partial charge on any atom is -0.312 e. The zero-order valence-corrected chi connectivity index (χ0v) is 13.1. The van der Waals surface area contributed by atoms with Crippen molar-refractivity contribution in [3.63, 3.8) is 0 Å². The highest BCUT2D eigenvalue weighted by Crippen LogP contribution is 2.10. The van der Waals surface area contributed by atoms with E-state index in [2.05, 4.69) is 52.2 Å². The summed E-state index contributed by atoms with van der Waals surface area (Å²) in [5.41, 5.74) is 3.52. The molecule has 0 aliphatic carbocycles. The van der Waals surface area contributed by atoms with Crippen molar-refractivity contribution >= 4 is 22.6 Å². The van der Waals surface area contributed by atoms with Gasteiger partial charge in [0, 0.05) is 10.1 Å². The molecule has 100 valence electrons. The van der Waals surface area contributed by atoms with Crippen LogP contribution >= 0.6 is 22.6 Å². The monoisotopic (exact) mass is 369 g/mol. The van der Waals surface area contributed by atoms with Crippen molar-refractivity contribution in [2.45, 2.75) is 19.9 Å². The lowest BCUT2D eigenvalue weighted by Gasteiger charge is -2.08. The molecule has 0 amide bonds. The average Bonchev–Trinajstić information content (AvgIpc) is 2.39. The first-order valence-corrected chi connectivity index (χ1v) is 7.43. The van der Waals surface area contributed by atoms with E-state index >= 15 is 0 Å². The molecule has 0 aliphatic heterocycles. The first-order valence-electron chi connectivity index (χ1n) is 6.35. The third kappa shape index (κ3) is 4.58. The summed E-state index contributed by atoms with van der Waals surface area (Å²) in [6.45, 7) is 3.73. The fourth-order valence-corrected chi connectivity index (χ4v) is 2.36. The zero-order chi connectivity index (χ0) is 13.7. The van der Waals surface area contributed by atoms with Gasteiger partial charge in [-0.25, -0.2) is 4.39 Å². The standard InChI is InChI=1S/C16H17FIN/c1-12-10-15(17)5-4-14(12)8-9-19-11-13-2-6-16(18)7-3-13/h2-7,10,19H,8-9,11H2,1H3. The van der Waals surface area contributed by atoms with E-state index in [9.17, 15) is 4.39 Å². The topological polar surface area (TPSA) is 12.0 Å². The van der Waals surface area contributed by atoms with Crippen molar-refractivity contribution in [3.8, 4) is 0 Å². The van der Waals surface area contributed by atoms with Crippen molar-refractivity contribution in [2.75, 3.05) is 6.54 Å². The highest BCUT2D eigenvalue weighted by atomic mass is 127. The number of halogens is 2. The summed E-state index contributed by atoms with van der Waals surface area (Å²) in [6.07, 6.45) is 0.927. The third-order valence-corrected chi connectivity index (χ3v) is 3.84. The number of aryl methyl sites for hydroxylation is 1. The molecule has 0 aromatic heterocycles. The smallest absolute Gasteiger partial charge is 0.123 e. The molecule has 2 aromatic carbocycles. The highest BCUT2D eigenvalue weighted by molar-refractivity contribution is 14.1. The number of nitrogens with one attached hydrogen (secondary N) is 1. The van der Waals surface area contributed by atoms with Crippen molar-refractivity contribution in [1.82, 2.24) is 5.32 Å². The Morgan fingerprint density at radius 2 is 1.84 bits per heavy atom. The summed E-state index contributed by atoms with van der Waals surface area (Å²) < 4.78 is 14.2. The molecule has 0 unspecified atom stereocenters. The summed E-state index contributed by atoms with van der Waals surface area (Å²) in [5, 5.41) is 3.42. The third-order valence-electron chi connectivity index (χ3n) is 3.12. The van der Waals surface area contributed by atoms with Gasteiger partial charge in [-0.15, -0.1) is 0 Å². The minimum absolute atomic E-state index is 0.159. The number of benzene rings is 2. The summed E-state index contributed by atoms with van der Waals surface area (Å²) in [5.74, 6) is -0.159. The minimum atomic E-state index is -0.159. The Balaban J connectivity index is 1.79. The van der Waals surface area contributed by atoms with Crippen LogP contribution in [0.15, 0.2) is 42.5 Å². The maximum Gasteiger partial charge on any atom is 0.123 e. The number of rotatable bonds is 5. The molecule has 0 heterocycles. The van der Waals surface area contributed by atoms with Crippen LogP contribution in [0.25, 0.3) is 0 Å². The molecule has 0 saturated heterocycles. The van der Waals surface area contributed by atoms with Crippen LogP contribution in [-0.4, -0.2) is 6.54 Å². The number of hydrogen-bond donors (Lipinski definition) is 1. The second kappa shape index (κ2) is 7.01. The Labute approximate surface area is 127 Å². The fraction of sp³-hybridized carbons (Fsp3) is 0.250. The molecule has 0 spiro atoms. The van der Waals surface area contributed by atoms with Gasteiger partial charge in [0.1, 0.15) is 5.82 Å². The van der Waals surface area contributed by atoms with E-state index in [1.54, 1.807) is 6.07 Å². The fourth-order valence-electron chi connectivity index (χ4n) is 2.00. The first kappa shape index (κ1) is 14.5. The molecule has 0 bridgehead atoms. The lowest BCUT2D eigenvalue weighted by atomic mass is 10.1. The van der Waals surface area contributed by atoms with Gasteiger partial charge in [0.2, 0.25) is 0 Å². The average molecular weight is 369 g/mol. The molecule has 0 aliphatic rings. The zero-order valence-electron chi connectivity index (χ0n) is 10.9. The molecule has 3 heteroatoms. The predicted octanol–water partition coefficient (Wildman–Crippen LogP) is 4.07. The van der Waals surface area contributed by atoms with Gasteiger partial charge in [-0.2, -0.15) is 0 Å². The van der Waals surface area contributed by atoms with Crippen LogP contribution in [0, 0.1) is 16.3 Å². The molecule has 2 rings (SSSR count). The largest absolute Gasteiger partial charge is 0.312 e. The van der Waals surface area contributed by atoms with E-state index in [4.69, 9.17) is 0 Å². The molecule has 0 radical (unpaired) electrons. The Morgan fingerprint density at radius 1 is 1.11 bits per heavy atom. The van der Waals surface area contributed by atoms with Crippen molar-refractivity contribution in [2.24, 2.45) is 0 Å². The second-order valence-electron chi connectivity index (χ2n) is 4.62. The van der Waals surface area contributed by atoms with Gasteiger partial charge in [0.15, 0.2) is 0 Å². The molecule has 19 heavy (non-hydrogen) atoms. The van der Waals surface area contributed by atoms with Crippen molar-refractivity contribution < 1.29 is 4.39 Å². The molecule has 2 aromatic rings. The SMILES string of the molecule is Cc1cc(F)ccc1CCNCc1ccc(I)cc1. The lowest BCUT2D eigenvalue weighted by Crippen LogP contribution is -2.17. The second-order valence-corrected chi connectivity index (χ2v) is 5.87. The van der Waals surface area contributed by atoms with Crippen LogP contribution in [0.1, 0.15) is 16.7 Å². The van der Waals surface area contributed by atoms with E-state index in [1.165, 1.54) is 20.8 Å². The van der Waals surface area contributed by atoms with Gasteiger partial charge in [-0.3, -0.25) is 0 Å². The highest BCUT2D eigenvalue weighted by Gasteiger charge is 2.00. The van der Waals surface area contributed by atoms with Crippen molar-refractivity contribution in [1.29, 1.82) is 0 Å². The molecule has 1 N–H and O–H groups in total. The predicted molar refractivity (Wildman–Crippen MR) is 85.7 cm³/mol. The molecule has 1 nitrogen and oxygen atoms in total. The summed E-state index contributed by atoms with van der Waals surface area (Å²) in [4.78, 5) is 0. The van der Waals surface area contributed by atoms with Gasteiger partial charge in [-0.05, 0) is 83.4 Å². The summed E-state index contributed by atoms with van der Waals surface area (Å²) in [6, 6.07) is 13.5. The Hall–Kier alpha value is -0.940. The van der Waals surface area contributed by atoms with Crippen LogP contribution in [0.4, 0.5) is 4.39 Å². The van der Waals surface area contributed by atoms with Gasteiger partial charge < -0.3 is 5.32 Å². The lowest BCUT2D eigenvalue weighted by molar-refractivity contribution is 0.624. The van der Waals surface area contributed by atoms with E-state index < -0.39 is 0 Å². The maximum absolute atomic E-state index is 13.0. The molecule has 0 saturated carbocycles. The van der Waals surface area contributed by atoms with Crippen LogP contribution in [0.3, 0.4) is 0 Å². The Morgan fingerprint density at radius 3 is 2.53 bits per heavy atom. The molecular formula is C16H17FIN. The van der Waals surface area contributed by atoms with Crippen LogP contribution < -0.4 is 5.32 Å². The van der Waals surface area contributed by atoms with E-state index in [1.807, 2.05) is 13.0 Å². The van der Waals surface area contributed by atoms with Gasteiger partial charge >= 0.3 is 0 Å². The maximum atomic E-state index is 13.0. The number of hydrogen-bond acceptors (Lipinski definition) is 1. The van der Waals surface area contributed by atoms with Gasteiger partial charge in [-0.1, -0.05) is 18.2 Å². The van der Waals surface area contributed by atoms with Crippen molar-refractivity contribution in [3.05, 3.63) is 68.5 Å². The van der Waals surface area contributed by atoms with E-state index in [0.29, 0.717) is 0 Å². The Kier molecular flexibility index (Phi) is 5.34. The summed E-state index contributed by atoms with van der Waals surface area (Å²) >= 11 is 2.30.